The van der Waals surface area contributed by atoms with Crippen LogP contribution in [0.5, 0.6) is 0 Å². The third-order valence-corrected chi connectivity index (χ3v) is 11.0. The fraction of sp³-hybridized carbons (Fsp3) is 0.781. The number of fused-ring (bicyclic) bond motifs is 5. The number of ketones is 2. The number of allylic oxidation sites excluding steroid dienone is 4. The SMILES string of the molecule is CCCCCCCCCC(=O)O[C@]1(C(=O)CO)[C@H](C)C[C@H]2[C@@H]3CCC4=CC(=O)C=C[C@]4(C)[C@@]3(F)[C@@H](O)C[C@@]21C. The number of halogens is 1. The van der Waals surface area contributed by atoms with Gasteiger partial charge in [0, 0.05) is 29.1 Å². The van der Waals surface area contributed by atoms with E-state index in [-0.39, 0.29) is 24.5 Å². The number of carbonyl (C=O) groups excluding carboxylic acids is 3. The van der Waals surface area contributed by atoms with Gasteiger partial charge < -0.3 is 14.9 Å². The Morgan fingerprint density at radius 1 is 1.10 bits per heavy atom. The molecule has 4 aliphatic rings. The highest BCUT2D eigenvalue weighted by Crippen LogP contribution is 2.71. The van der Waals surface area contributed by atoms with Crippen molar-refractivity contribution in [3.05, 3.63) is 23.8 Å². The van der Waals surface area contributed by atoms with Crippen LogP contribution in [0.15, 0.2) is 23.8 Å². The van der Waals surface area contributed by atoms with Crippen molar-refractivity contribution in [2.24, 2.45) is 28.6 Å². The minimum Gasteiger partial charge on any atom is -0.450 e. The Morgan fingerprint density at radius 2 is 1.77 bits per heavy atom. The Bertz CT molecular complexity index is 1040. The number of unbranched alkanes of at least 4 members (excludes halogenated alkanes) is 6. The van der Waals surface area contributed by atoms with Crippen molar-refractivity contribution < 1.29 is 33.7 Å². The molecule has 0 heterocycles. The lowest BCUT2D eigenvalue weighted by molar-refractivity contribution is -0.228. The van der Waals surface area contributed by atoms with E-state index in [9.17, 15) is 24.6 Å². The highest BCUT2D eigenvalue weighted by Gasteiger charge is 2.77. The molecule has 0 aromatic heterocycles. The topological polar surface area (TPSA) is 101 Å². The summed E-state index contributed by atoms with van der Waals surface area (Å²) < 4.78 is 23.5. The monoisotopic (exact) mass is 546 g/mol. The van der Waals surface area contributed by atoms with Crippen LogP contribution in [0.3, 0.4) is 0 Å². The summed E-state index contributed by atoms with van der Waals surface area (Å²) in [6.45, 7) is 6.83. The van der Waals surface area contributed by atoms with Crippen LogP contribution < -0.4 is 0 Å². The van der Waals surface area contributed by atoms with Gasteiger partial charge in [0.15, 0.2) is 17.1 Å². The molecule has 4 aliphatic carbocycles. The number of hydrogen-bond acceptors (Lipinski definition) is 6. The quantitative estimate of drug-likeness (QED) is 0.259. The number of aliphatic hydroxyl groups is 2. The third kappa shape index (κ3) is 4.56. The number of esters is 1. The fourth-order valence-corrected chi connectivity index (χ4v) is 8.97. The van der Waals surface area contributed by atoms with E-state index in [1.807, 2.05) is 13.8 Å². The van der Waals surface area contributed by atoms with Crippen molar-refractivity contribution in [2.75, 3.05) is 6.61 Å². The predicted octanol–water partition coefficient (Wildman–Crippen LogP) is 5.59. The maximum atomic E-state index is 17.4. The second-order valence-electron chi connectivity index (χ2n) is 13.1. The minimum atomic E-state index is -2.03. The number of Topliss-reactive ketones (excluding diaryl/α,β-unsaturated/α-hetero) is 1. The van der Waals surface area contributed by atoms with Crippen LogP contribution in [0.4, 0.5) is 4.39 Å². The van der Waals surface area contributed by atoms with Gasteiger partial charge in [-0.2, -0.15) is 0 Å². The zero-order chi connectivity index (χ0) is 28.6. The summed E-state index contributed by atoms with van der Waals surface area (Å²) >= 11 is 0. The smallest absolute Gasteiger partial charge is 0.306 e. The van der Waals surface area contributed by atoms with Crippen LogP contribution in [-0.4, -0.2) is 51.7 Å². The molecule has 8 atom stereocenters. The number of carbonyl (C=O) groups is 3. The lowest BCUT2D eigenvalue weighted by Crippen LogP contribution is -2.70. The second kappa shape index (κ2) is 11.2. The average molecular weight is 547 g/mol. The molecular formula is C32H47FO6. The van der Waals surface area contributed by atoms with Crippen LogP contribution in [0.25, 0.3) is 0 Å². The van der Waals surface area contributed by atoms with Gasteiger partial charge in [0.2, 0.25) is 5.78 Å². The van der Waals surface area contributed by atoms with E-state index in [4.69, 9.17) is 4.74 Å². The van der Waals surface area contributed by atoms with Crippen LogP contribution in [0.2, 0.25) is 0 Å². The van der Waals surface area contributed by atoms with Crippen molar-refractivity contribution in [1.82, 2.24) is 0 Å². The summed E-state index contributed by atoms with van der Waals surface area (Å²) in [5, 5.41) is 21.6. The molecule has 3 saturated carbocycles. The van der Waals surface area contributed by atoms with E-state index in [0.717, 1.165) is 19.3 Å². The van der Waals surface area contributed by atoms with Crippen molar-refractivity contribution >= 4 is 17.5 Å². The summed E-state index contributed by atoms with van der Waals surface area (Å²) in [5.74, 6) is -2.59. The summed E-state index contributed by atoms with van der Waals surface area (Å²) in [4.78, 5) is 38.8. The molecule has 7 heteroatoms. The van der Waals surface area contributed by atoms with Gasteiger partial charge in [-0.25, -0.2) is 4.39 Å². The Balaban J connectivity index is 1.60. The van der Waals surface area contributed by atoms with Crippen molar-refractivity contribution in [3.8, 4) is 0 Å². The van der Waals surface area contributed by atoms with Crippen LogP contribution in [-0.2, 0) is 19.1 Å². The summed E-state index contributed by atoms with van der Waals surface area (Å²) in [5.41, 5.74) is -5.12. The Morgan fingerprint density at radius 3 is 2.44 bits per heavy atom. The van der Waals surface area contributed by atoms with Gasteiger partial charge in [0.25, 0.3) is 0 Å². The molecule has 6 nitrogen and oxygen atoms in total. The average Bonchev–Trinajstić information content (AvgIpc) is 3.11. The third-order valence-electron chi connectivity index (χ3n) is 11.0. The summed E-state index contributed by atoms with van der Waals surface area (Å²) in [6.07, 6.45) is 11.9. The molecule has 0 spiro atoms. The molecule has 0 saturated heterocycles. The van der Waals surface area contributed by atoms with Crippen molar-refractivity contribution in [3.63, 3.8) is 0 Å². The molecule has 0 aromatic rings. The first kappa shape index (κ1) is 30.1. The van der Waals surface area contributed by atoms with Crippen molar-refractivity contribution in [2.45, 2.75) is 122 Å². The van der Waals surface area contributed by atoms with Gasteiger partial charge in [-0.15, -0.1) is 0 Å². The standard InChI is InChI=1S/C32H47FO6/c1-5-6-7-8-9-10-11-12-28(38)39-32(27(37)20-34)21(2)17-25-24-14-13-22-18-23(35)15-16-29(22,3)31(24,33)26(36)19-30(25,32)4/h15-16,18,21,24-26,34,36H,5-14,17,19-20H2,1-4H3/t21-,24+,25+,26+,29+,30+,31+,32+/m1/s1. The first-order valence-electron chi connectivity index (χ1n) is 15.1. The van der Waals surface area contributed by atoms with Crippen LogP contribution in [0.1, 0.15) is 105 Å². The van der Waals surface area contributed by atoms with E-state index in [2.05, 4.69) is 6.92 Å². The molecule has 0 unspecified atom stereocenters. The fourth-order valence-electron chi connectivity index (χ4n) is 8.97. The lowest BCUT2D eigenvalue weighted by Gasteiger charge is -2.62. The molecule has 39 heavy (non-hydrogen) atoms. The number of rotatable bonds is 11. The largest absolute Gasteiger partial charge is 0.450 e. The van der Waals surface area contributed by atoms with Gasteiger partial charge in [-0.1, -0.05) is 70.9 Å². The molecular weight excluding hydrogens is 499 g/mol. The predicted molar refractivity (Wildman–Crippen MR) is 146 cm³/mol. The van der Waals surface area contributed by atoms with Gasteiger partial charge in [0.05, 0.1) is 6.10 Å². The maximum absolute atomic E-state index is 17.4. The molecule has 4 rings (SSSR count). The molecule has 0 radical (unpaired) electrons. The molecule has 0 aliphatic heterocycles. The number of ether oxygens (including phenoxy) is 1. The van der Waals surface area contributed by atoms with Gasteiger partial charge in [-0.05, 0) is 57.1 Å². The zero-order valence-electron chi connectivity index (χ0n) is 24.1. The van der Waals surface area contributed by atoms with Gasteiger partial charge >= 0.3 is 5.97 Å². The molecule has 0 bridgehead atoms. The molecule has 3 fully saturated rings. The maximum Gasteiger partial charge on any atom is 0.306 e. The van der Waals surface area contributed by atoms with E-state index >= 15 is 4.39 Å². The Hall–Kier alpha value is -1.86. The molecule has 0 aromatic carbocycles. The second-order valence-corrected chi connectivity index (χ2v) is 13.1. The highest BCUT2D eigenvalue weighted by molar-refractivity contribution is 6.01. The van der Waals surface area contributed by atoms with Gasteiger partial charge in [0.1, 0.15) is 6.61 Å². The first-order valence-corrected chi connectivity index (χ1v) is 15.1. The molecule has 2 N–H and O–H groups in total. The van der Waals surface area contributed by atoms with Gasteiger partial charge in [-0.3, -0.25) is 14.4 Å². The number of aliphatic hydroxyl groups excluding tert-OH is 2. The first-order chi connectivity index (χ1) is 18.4. The molecule has 0 amide bonds. The lowest BCUT2D eigenvalue weighted by atomic mass is 9.44. The molecule has 218 valence electrons. The Labute approximate surface area is 232 Å². The van der Waals surface area contributed by atoms with Crippen LogP contribution >= 0.6 is 0 Å². The highest BCUT2D eigenvalue weighted by atomic mass is 19.1. The van der Waals surface area contributed by atoms with E-state index in [0.29, 0.717) is 31.3 Å². The van der Waals surface area contributed by atoms with Crippen LogP contribution in [0, 0.1) is 28.6 Å². The normalized spacial score (nSPS) is 40.9. The summed E-state index contributed by atoms with van der Waals surface area (Å²) in [7, 11) is 0. The Kier molecular flexibility index (Phi) is 8.64. The zero-order valence-corrected chi connectivity index (χ0v) is 24.1. The van der Waals surface area contributed by atoms with E-state index < -0.39 is 58.4 Å². The van der Waals surface area contributed by atoms with E-state index in [1.165, 1.54) is 31.4 Å². The van der Waals surface area contributed by atoms with Crippen molar-refractivity contribution in [1.29, 1.82) is 0 Å². The summed E-state index contributed by atoms with van der Waals surface area (Å²) in [6, 6.07) is 0. The van der Waals surface area contributed by atoms with E-state index in [1.54, 1.807) is 13.0 Å². The number of alkyl halides is 1. The number of hydrogen-bond donors (Lipinski definition) is 2. The minimum absolute atomic E-state index is 0.0733.